The first-order valence-corrected chi connectivity index (χ1v) is 6.37. The number of benzene rings is 1. The summed E-state index contributed by atoms with van der Waals surface area (Å²) in [6.07, 6.45) is 2.59. The van der Waals surface area contributed by atoms with Gasteiger partial charge in [0.25, 0.3) is 0 Å². The molecule has 0 bridgehead atoms. The first kappa shape index (κ1) is 14.6. The van der Waals surface area contributed by atoms with E-state index in [4.69, 9.17) is 14.6 Å². The second kappa shape index (κ2) is 7.06. The van der Waals surface area contributed by atoms with Gasteiger partial charge in [-0.3, -0.25) is 0 Å². The molecule has 5 heteroatoms. The molecule has 0 saturated heterocycles. The molecular formula is C13H15BrO4. The predicted molar refractivity (Wildman–Crippen MR) is 73.1 cm³/mol. The van der Waals surface area contributed by atoms with Gasteiger partial charge in [0.1, 0.15) is 0 Å². The third-order valence-corrected chi connectivity index (χ3v) is 2.63. The number of ether oxygens (including phenoxy) is 2. The van der Waals surface area contributed by atoms with Crippen LogP contribution in [0.4, 0.5) is 0 Å². The Morgan fingerprint density at radius 1 is 1.33 bits per heavy atom. The lowest BCUT2D eigenvalue weighted by atomic mass is 10.2. The van der Waals surface area contributed by atoms with Crippen LogP contribution < -0.4 is 9.47 Å². The summed E-state index contributed by atoms with van der Waals surface area (Å²) in [4.78, 5) is 10.5. The Balaban J connectivity index is 3.13. The molecule has 0 heterocycles. The molecular weight excluding hydrogens is 300 g/mol. The van der Waals surface area contributed by atoms with Crippen LogP contribution in [-0.2, 0) is 4.79 Å². The van der Waals surface area contributed by atoms with Crippen molar-refractivity contribution in [2.75, 3.05) is 13.2 Å². The summed E-state index contributed by atoms with van der Waals surface area (Å²) in [6.45, 7) is 4.81. The molecule has 1 N–H and O–H groups in total. The Labute approximate surface area is 114 Å². The quantitative estimate of drug-likeness (QED) is 0.818. The van der Waals surface area contributed by atoms with Gasteiger partial charge >= 0.3 is 5.97 Å². The van der Waals surface area contributed by atoms with Crippen molar-refractivity contribution in [1.82, 2.24) is 0 Å². The molecule has 0 atom stereocenters. The minimum Gasteiger partial charge on any atom is -0.490 e. The molecule has 0 radical (unpaired) electrons. The number of carboxylic acids is 1. The van der Waals surface area contributed by atoms with Crippen LogP contribution in [0.2, 0.25) is 0 Å². The van der Waals surface area contributed by atoms with Crippen LogP contribution in [0.3, 0.4) is 0 Å². The third-order valence-electron chi connectivity index (χ3n) is 2.04. The van der Waals surface area contributed by atoms with Crippen molar-refractivity contribution in [3.63, 3.8) is 0 Å². The van der Waals surface area contributed by atoms with E-state index < -0.39 is 5.97 Å². The lowest BCUT2D eigenvalue weighted by Crippen LogP contribution is -1.99. The lowest BCUT2D eigenvalue weighted by Gasteiger charge is -2.13. The van der Waals surface area contributed by atoms with Crippen LogP contribution >= 0.6 is 15.9 Å². The average molecular weight is 315 g/mol. The van der Waals surface area contributed by atoms with Gasteiger partial charge in [0.05, 0.1) is 17.7 Å². The van der Waals surface area contributed by atoms with Crippen molar-refractivity contribution in [2.45, 2.75) is 13.8 Å². The summed E-state index contributed by atoms with van der Waals surface area (Å²) in [5.41, 5.74) is 0.733. The number of hydrogen-bond donors (Lipinski definition) is 1. The third kappa shape index (κ3) is 4.07. The number of carbonyl (C=O) groups is 1. The molecule has 0 unspecified atom stereocenters. The Kier molecular flexibility index (Phi) is 5.71. The van der Waals surface area contributed by atoms with E-state index in [9.17, 15) is 4.79 Å². The number of rotatable bonds is 6. The highest BCUT2D eigenvalue weighted by atomic mass is 79.9. The van der Waals surface area contributed by atoms with E-state index in [1.54, 1.807) is 12.1 Å². The molecule has 0 saturated carbocycles. The Morgan fingerprint density at radius 3 is 2.56 bits per heavy atom. The van der Waals surface area contributed by atoms with E-state index in [2.05, 4.69) is 15.9 Å². The Hall–Kier alpha value is -1.49. The molecule has 0 aliphatic heterocycles. The topological polar surface area (TPSA) is 55.8 Å². The van der Waals surface area contributed by atoms with Crippen LogP contribution in [0, 0.1) is 0 Å². The summed E-state index contributed by atoms with van der Waals surface area (Å²) in [6, 6.07) is 3.53. The first-order chi connectivity index (χ1) is 8.58. The molecule has 0 aromatic heterocycles. The second-order valence-corrected chi connectivity index (χ2v) is 4.22. The van der Waals surface area contributed by atoms with Gasteiger partial charge in [-0.05, 0) is 53.5 Å². The molecule has 0 aliphatic rings. The van der Waals surface area contributed by atoms with Crippen molar-refractivity contribution in [3.8, 4) is 11.5 Å². The standard InChI is InChI=1S/C13H15BrO4/c1-3-17-11-8-9(5-6-12(15)16)7-10(14)13(11)18-4-2/h5-8H,3-4H2,1-2H3,(H,15,16)/b6-5+. The van der Waals surface area contributed by atoms with Crippen molar-refractivity contribution >= 4 is 28.0 Å². The van der Waals surface area contributed by atoms with Crippen LogP contribution in [0.25, 0.3) is 6.08 Å². The summed E-state index contributed by atoms with van der Waals surface area (Å²) in [5, 5.41) is 8.60. The van der Waals surface area contributed by atoms with Gasteiger partial charge in [0, 0.05) is 6.08 Å². The van der Waals surface area contributed by atoms with Gasteiger partial charge < -0.3 is 14.6 Å². The van der Waals surface area contributed by atoms with E-state index in [0.717, 1.165) is 16.1 Å². The normalized spacial score (nSPS) is 10.6. The monoisotopic (exact) mass is 314 g/mol. The molecule has 0 spiro atoms. The maximum atomic E-state index is 10.5. The summed E-state index contributed by atoms with van der Waals surface area (Å²) >= 11 is 3.39. The van der Waals surface area contributed by atoms with E-state index in [-0.39, 0.29) is 0 Å². The van der Waals surface area contributed by atoms with Gasteiger partial charge in [-0.25, -0.2) is 4.79 Å². The molecule has 4 nitrogen and oxygen atoms in total. The molecule has 0 aliphatic carbocycles. The van der Waals surface area contributed by atoms with Crippen molar-refractivity contribution in [3.05, 3.63) is 28.2 Å². The van der Waals surface area contributed by atoms with E-state index in [1.807, 2.05) is 13.8 Å². The maximum absolute atomic E-state index is 10.5. The van der Waals surface area contributed by atoms with Crippen molar-refractivity contribution < 1.29 is 19.4 Å². The molecule has 1 aromatic carbocycles. The minimum atomic E-state index is -0.988. The molecule has 1 rings (SSSR count). The average Bonchev–Trinajstić information content (AvgIpc) is 2.31. The SMILES string of the molecule is CCOc1cc(/C=C/C(=O)O)cc(Br)c1OCC. The fourth-order valence-corrected chi connectivity index (χ4v) is 1.97. The van der Waals surface area contributed by atoms with Gasteiger partial charge in [-0.15, -0.1) is 0 Å². The fourth-order valence-electron chi connectivity index (χ4n) is 1.40. The molecule has 18 heavy (non-hydrogen) atoms. The zero-order chi connectivity index (χ0) is 13.5. The highest BCUT2D eigenvalue weighted by Gasteiger charge is 2.10. The van der Waals surface area contributed by atoms with E-state index >= 15 is 0 Å². The molecule has 98 valence electrons. The van der Waals surface area contributed by atoms with Gasteiger partial charge in [0.15, 0.2) is 11.5 Å². The molecule has 1 aromatic rings. The lowest BCUT2D eigenvalue weighted by molar-refractivity contribution is -0.131. The first-order valence-electron chi connectivity index (χ1n) is 5.58. The smallest absolute Gasteiger partial charge is 0.328 e. The summed E-state index contributed by atoms with van der Waals surface area (Å²) in [5.74, 6) is 0.239. The number of hydrogen-bond acceptors (Lipinski definition) is 3. The summed E-state index contributed by atoms with van der Waals surface area (Å²) < 4.78 is 11.7. The highest BCUT2D eigenvalue weighted by Crippen LogP contribution is 2.37. The zero-order valence-electron chi connectivity index (χ0n) is 10.3. The van der Waals surface area contributed by atoms with Gasteiger partial charge in [0.2, 0.25) is 0 Å². The van der Waals surface area contributed by atoms with Crippen LogP contribution in [0.1, 0.15) is 19.4 Å². The van der Waals surface area contributed by atoms with E-state index in [1.165, 1.54) is 6.08 Å². The molecule has 0 amide bonds. The van der Waals surface area contributed by atoms with Gasteiger partial charge in [-0.1, -0.05) is 0 Å². The second-order valence-electron chi connectivity index (χ2n) is 3.37. The van der Waals surface area contributed by atoms with Gasteiger partial charge in [-0.2, -0.15) is 0 Å². The van der Waals surface area contributed by atoms with Crippen LogP contribution in [0.5, 0.6) is 11.5 Å². The zero-order valence-corrected chi connectivity index (χ0v) is 11.9. The maximum Gasteiger partial charge on any atom is 0.328 e. The molecule has 0 fully saturated rings. The largest absolute Gasteiger partial charge is 0.490 e. The number of carboxylic acid groups (broad SMARTS) is 1. The minimum absolute atomic E-state index is 0.513. The van der Waals surface area contributed by atoms with Crippen LogP contribution in [-0.4, -0.2) is 24.3 Å². The number of aliphatic carboxylic acids is 1. The summed E-state index contributed by atoms with van der Waals surface area (Å²) in [7, 11) is 0. The highest BCUT2D eigenvalue weighted by molar-refractivity contribution is 9.10. The number of halogens is 1. The van der Waals surface area contributed by atoms with Crippen molar-refractivity contribution in [2.24, 2.45) is 0 Å². The Bertz CT molecular complexity index is 455. The van der Waals surface area contributed by atoms with Crippen molar-refractivity contribution in [1.29, 1.82) is 0 Å². The predicted octanol–water partition coefficient (Wildman–Crippen LogP) is 3.34. The Morgan fingerprint density at radius 2 is 2.00 bits per heavy atom. The fraction of sp³-hybridized carbons (Fsp3) is 0.308. The van der Waals surface area contributed by atoms with E-state index in [0.29, 0.717) is 24.7 Å². The van der Waals surface area contributed by atoms with Crippen LogP contribution in [0.15, 0.2) is 22.7 Å².